The van der Waals surface area contributed by atoms with Gasteiger partial charge in [-0.25, -0.2) is 22.3 Å². The van der Waals surface area contributed by atoms with Crippen molar-refractivity contribution in [2.75, 3.05) is 19.0 Å². The van der Waals surface area contributed by atoms with Gasteiger partial charge in [0.2, 0.25) is 10.0 Å². The number of carbonyl (C=O) groups is 2. The molecule has 0 saturated heterocycles. The summed E-state index contributed by atoms with van der Waals surface area (Å²) in [6, 6.07) is 8.35. The first kappa shape index (κ1) is 20.0. The number of nitrogens with one attached hydrogen (secondary N) is 2. The summed E-state index contributed by atoms with van der Waals surface area (Å²) < 4.78 is 44.4. The zero-order valence-electron chi connectivity index (χ0n) is 15.1. The van der Waals surface area contributed by atoms with Crippen molar-refractivity contribution in [3.63, 3.8) is 0 Å². The number of fused-ring (bicyclic) bond motifs is 1. The second-order valence-corrected chi connectivity index (χ2v) is 8.20. The van der Waals surface area contributed by atoms with Crippen molar-refractivity contribution >= 4 is 27.6 Å². The molecule has 2 aromatic rings. The van der Waals surface area contributed by atoms with Crippen molar-refractivity contribution in [3.8, 4) is 0 Å². The van der Waals surface area contributed by atoms with E-state index < -0.39 is 39.9 Å². The van der Waals surface area contributed by atoms with E-state index in [1.165, 1.54) is 18.2 Å². The number of aryl methyl sites for hydroxylation is 2. The van der Waals surface area contributed by atoms with Gasteiger partial charge >= 0.3 is 5.97 Å². The van der Waals surface area contributed by atoms with Crippen molar-refractivity contribution in [2.24, 2.45) is 0 Å². The van der Waals surface area contributed by atoms with E-state index in [4.69, 9.17) is 4.74 Å². The fraction of sp³-hybridized carbons (Fsp3) is 0.263. The number of carbonyl (C=O) groups excluding carboxylic acids is 2. The Labute approximate surface area is 161 Å². The molecule has 0 spiro atoms. The number of anilines is 1. The predicted molar refractivity (Wildman–Crippen MR) is 100 cm³/mol. The Morgan fingerprint density at radius 3 is 2.61 bits per heavy atom. The van der Waals surface area contributed by atoms with Crippen LogP contribution in [0.2, 0.25) is 0 Å². The number of ether oxygens (including phenoxy) is 1. The van der Waals surface area contributed by atoms with E-state index in [9.17, 15) is 22.4 Å². The summed E-state index contributed by atoms with van der Waals surface area (Å²) in [5.41, 5.74) is 2.47. The molecule has 2 N–H and O–H groups in total. The van der Waals surface area contributed by atoms with E-state index in [0.29, 0.717) is 5.69 Å². The molecule has 0 fully saturated rings. The predicted octanol–water partition coefficient (Wildman–Crippen LogP) is 2.02. The molecule has 9 heteroatoms. The maximum absolute atomic E-state index is 13.9. The Morgan fingerprint density at radius 2 is 1.86 bits per heavy atom. The molecular formula is C19H19FN2O5S. The Hall–Kier alpha value is -2.78. The normalized spacial score (nSPS) is 13.1. The lowest BCUT2D eigenvalue weighted by molar-refractivity contribution is -0.119. The zero-order valence-corrected chi connectivity index (χ0v) is 15.9. The smallest absolute Gasteiger partial charge is 0.341 e. The lowest BCUT2D eigenvalue weighted by Crippen LogP contribution is -2.22. The second-order valence-electron chi connectivity index (χ2n) is 6.31. The highest BCUT2D eigenvalue weighted by atomic mass is 32.2. The van der Waals surface area contributed by atoms with Crippen molar-refractivity contribution in [1.29, 1.82) is 0 Å². The number of rotatable bonds is 6. The summed E-state index contributed by atoms with van der Waals surface area (Å²) >= 11 is 0. The number of amides is 1. The average Bonchev–Trinajstić information content (AvgIpc) is 3.14. The quantitative estimate of drug-likeness (QED) is 0.715. The topological polar surface area (TPSA) is 102 Å². The lowest BCUT2D eigenvalue weighted by atomic mass is 10.1. The van der Waals surface area contributed by atoms with Crippen LogP contribution in [0.25, 0.3) is 0 Å². The molecule has 148 valence electrons. The monoisotopic (exact) mass is 406 g/mol. The van der Waals surface area contributed by atoms with Gasteiger partial charge in [0, 0.05) is 5.69 Å². The number of sulfonamides is 1. The maximum Gasteiger partial charge on any atom is 0.341 e. The molecule has 0 bridgehead atoms. The summed E-state index contributed by atoms with van der Waals surface area (Å²) in [5.74, 6) is -2.65. The molecule has 1 aliphatic rings. The molecule has 0 aromatic heterocycles. The van der Waals surface area contributed by atoms with Gasteiger partial charge < -0.3 is 10.1 Å². The minimum Gasteiger partial charge on any atom is -0.452 e. The molecule has 1 amide bonds. The SMILES string of the molecule is CNS(=O)(=O)c1ccc(F)c(C(=O)OCC(=O)Nc2ccc3c(c2)CCC3)c1. The molecule has 0 saturated carbocycles. The van der Waals surface area contributed by atoms with Crippen LogP contribution in [0.1, 0.15) is 27.9 Å². The van der Waals surface area contributed by atoms with Gasteiger partial charge in [0.05, 0.1) is 10.5 Å². The van der Waals surface area contributed by atoms with Crippen molar-refractivity contribution in [1.82, 2.24) is 4.72 Å². The molecular weight excluding hydrogens is 387 g/mol. The molecule has 3 rings (SSSR count). The molecule has 0 atom stereocenters. The van der Waals surface area contributed by atoms with Gasteiger partial charge in [0.15, 0.2) is 6.61 Å². The van der Waals surface area contributed by atoms with Gasteiger partial charge in [-0.1, -0.05) is 6.07 Å². The molecule has 0 radical (unpaired) electrons. The third-order valence-electron chi connectivity index (χ3n) is 4.45. The molecule has 1 aliphatic carbocycles. The molecule has 0 aliphatic heterocycles. The van der Waals surface area contributed by atoms with Gasteiger partial charge in [0.25, 0.3) is 5.91 Å². The highest BCUT2D eigenvalue weighted by Gasteiger charge is 2.20. The summed E-state index contributed by atoms with van der Waals surface area (Å²) in [6.07, 6.45) is 3.06. The lowest BCUT2D eigenvalue weighted by Gasteiger charge is -2.09. The molecule has 2 aromatic carbocycles. The van der Waals surface area contributed by atoms with Gasteiger partial charge in [-0.05, 0) is 67.8 Å². The van der Waals surface area contributed by atoms with Gasteiger partial charge in [-0.15, -0.1) is 0 Å². The first-order valence-corrected chi connectivity index (χ1v) is 10.1. The van der Waals surface area contributed by atoms with Gasteiger partial charge in [-0.2, -0.15) is 0 Å². The van der Waals surface area contributed by atoms with Crippen LogP contribution in [-0.2, 0) is 32.4 Å². The van der Waals surface area contributed by atoms with E-state index in [0.717, 1.165) is 37.5 Å². The fourth-order valence-electron chi connectivity index (χ4n) is 3.00. The van der Waals surface area contributed by atoms with Crippen molar-refractivity contribution in [2.45, 2.75) is 24.2 Å². The molecule has 28 heavy (non-hydrogen) atoms. The fourth-order valence-corrected chi connectivity index (χ4v) is 3.76. The van der Waals surface area contributed by atoms with E-state index in [2.05, 4.69) is 10.0 Å². The third kappa shape index (κ3) is 4.37. The highest BCUT2D eigenvalue weighted by Crippen LogP contribution is 2.24. The Bertz CT molecular complexity index is 1040. The first-order chi connectivity index (χ1) is 13.3. The largest absolute Gasteiger partial charge is 0.452 e. The number of halogens is 1. The van der Waals surface area contributed by atoms with Crippen LogP contribution in [0.3, 0.4) is 0 Å². The van der Waals surface area contributed by atoms with Crippen LogP contribution >= 0.6 is 0 Å². The van der Waals surface area contributed by atoms with Crippen molar-refractivity contribution in [3.05, 3.63) is 58.9 Å². The molecule has 0 unspecified atom stereocenters. The van der Waals surface area contributed by atoms with Gasteiger partial charge in [-0.3, -0.25) is 4.79 Å². The Morgan fingerprint density at radius 1 is 1.11 bits per heavy atom. The molecule has 7 nitrogen and oxygen atoms in total. The Kier molecular flexibility index (Phi) is 5.76. The minimum absolute atomic E-state index is 0.286. The number of hydrogen-bond acceptors (Lipinski definition) is 5. The third-order valence-corrected chi connectivity index (χ3v) is 5.87. The summed E-state index contributed by atoms with van der Waals surface area (Å²) in [5, 5.41) is 2.62. The second kappa shape index (κ2) is 8.07. The zero-order chi connectivity index (χ0) is 20.3. The van der Waals surface area contributed by atoms with E-state index in [-0.39, 0.29) is 4.90 Å². The number of benzene rings is 2. The summed E-state index contributed by atoms with van der Waals surface area (Å²) in [6.45, 7) is -0.627. The maximum atomic E-state index is 13.9. The van der Waals surface area contributed by atoms with Crippen LogP contribution in [0.4, 0.5) is 10.1 Å². The molecule has 0 heterocycles. The van der Waals surface area contributed by atoms with E-state index in [1.807, 2.05) is 12.1 Å². The first-order valence-electron chi connectivity index (χ1n) is 8.62. The number of hydrogen-bond donors (Lipinski definition) is 2. The van der Waals surface area contributed by atoms with Crippen LogP contribution < -0.4 is 10.0 Å². The van der Waals surface area contributed by atoms with Crippen LogP contribution in [0.15, 0.2) is 41.3 Å². The van der Waals surface area contributed by atoms with Crippen LogP contribution in [-0.4, -0.2) is 33.9 Å². The number of esters is 1. The Balaban J connectivity index is 1.64. The van der Waals surface area contributed by atoms with Crippen molar-refractivity contribution < 1.29 is 27.1 Å². The average molecular weight is 406 g/mol. The summed E-state index contributed by atoms with van der Waals surface area (Å²) in [4.78, 5) is 23.8. The van der Waals surface area contributed by atoms with Gasteiger partial charge in [0.1, 0.15) is 5.82 Å². The van der Waals surface area contributed by atoms with E-state index in [1.54, 1.807) is 6.07 Å². The minimum atomic E-state index is -3.85. The van der Waals surface area contributed by atoms with Crippen LogP contribution in [0.5, 0.6) is 0 Å². The summed E-state index contributed by atoms with van der Waals surface area (Å²) in [7, 11) is -2.66. The standard InChI is InChI=1S/C19H19FN2O5S/c1-21-28(25,26)15-7-8-17(20)16(10-15)19(24)27-11-18(23)22-14-6-5-12-3-2-4-13(12)9-14/h5-10,21H,2-4,11H2,1H3,(H,22,23). The highest BCUT2D eigenvalue weighted by molar-refractivity contribution is 7.89. The van der Waals surface area contributed by atoms with Crippen LogP contribution in [0, 0.1) is 5.82 Å². The van der Waals surface area contributed by atoms with E-state index >= 15 is 0 Å².